The third-order valence-corrected chi connectivity index (χ3v) is 6.43. The Labute approximate surface area is 238 Å². The fourth-order valence-corrected chi connectivity index (χ4v) is 4.57. The van der Waals surface area contributed by atoms with Gasteiger partial charge in [-0.25, -0.2) is 9.59 Å². The Hall–Kier alpha value is -5.51. The van der Waals surface area contributed by atoms with Gasteiger partial charge >= 0.3 is 18.2 Å². The van der Waals surface area contributed by atoms with Gasteiger partial charge in [0.25, 0.3) is 0 Å². The highest BCUT2D eigenvalue weighted by atomic mass is 19.4. The first kappa shape index (κ1) is 28.0. The summed E-state index contributed by atoms with van der Waals surface area (Å²) in [6, 6.07) is 24.0. The summed E-state index contributed by atoms with van der Waals surface area (Å²) < 4.78 is 46.3. The predicted octanol–water partition coefficient (Wildman–Crippen LogP) is 7.58. The van der Waals surface area contributed by atoms with Crippen LogP contribution >= 0.6 is 0 Å². The number of hydrogen-bond donors (Lipinski definition) is 2. The quantitative estimate of drug-likeness (QED) is 0.162. The number of nitrogens with zero attached hydrogens (tertiary/aromatic N) is 1. The average Bonchev–Trinajstić information content (AvgIpc) is 2.99. The molecule has 0 bridgehead atoms. The number of carbonyl (C=O) groups is 3. The van der Waals surface area contributed by atoms with Crippen LogP contribution < -0.4 is 10.6 Å². The largest absolute Gasteiger partial charge is 0.465 e. The van der Waals surface area contributed by atoms with Gasteiger partial charge in [0.2, 0.25) is 0 Å². The maximum Gasteiger partial charge on any atom is 0.418 e. The average molecular weight is 570 g/mol. The third kappa shape index (κ3) is 5.83. The van der Waals surface area contributed by atoms with Crippen molar-refractivity contribution in [2.45, 2.75) is 6.18 Å². The van der Waals surface area contributed by atoms with Crippen molar-refractivity contribution < 1.29 is 32.3 Å². The van der Waals surface area contributed by atoms with Crippen LogP contribution in [-0.2, 0) is 10.9 Å². The maximum absolute atomic E-state index is 13.9. The van der Waals surface area contributed by atoms with Crippen LogP contribution in [0.3, 0.4) is 0 Å². The molecule has 0 saturated carbocycles. The summed E-state index contributed by atoms with van der Waals surface area (Å²) in [7, 11) is 1.25. The number of rotatable bonds is 6. The van der Waals surface area contributed by atoms with Crippen LogP contribution in [0.15, 0.2) is 103 Å². The number of hydrogen-bond acceptors (Lipinski definition) is 5. The first-order chi connectivity index (χ1) is 20.2. The number of nitrogens with one attached hydrogen (secondary N) is 2. The number of anilines is 2. The van der Waals surface area contributed by atoms with E-state index in [-0.39, 0.29) is 27.6 Å². The Morgan fingerprint density at radius 2 is 1.40 bits per heavy atom. The highest BCUT2D eigenvalue weighted by Crippen LogP contribution is 2.39. The first-order valence-electron chi connectivity index (χ1n) is 12.6. The number of urea groups is 1. The molecule has 0 aliphatic rings. The van der Waals surface area contributed by atoms with Gasteiger partial charge in [-0.05, 0) is 42.0 Å². The van der Waals surface area contributed by atoms with Gasteiger partial charge in [0.15, 0.2) is 5.78 Å². The first-order valence-corrected chi connectivity index (χ1v) is 12.6. The summed E-state index contributed by atoms with van der Waals surface area (Å²) in [6.45, 7) is 0. The summed E-state index contributed by atoms with van der Waals surface area (Å²) in [5.41, 5.74) is 0.751. The van der Waals surface area contributed by atoms with E-state index in [4.69, 9.17) is 4.74 Å². The van der Waals surface area contributed by atoms with Crippen molar-refractivity contribution in [2.75, 3.05) is 17.7 Å². The number of aromatic nitrogens is 1. The van der Waals surface area contributed by atoms with Crippen molar-refractivity contribution in [3.05, 3.63) is 126 Å². The number of pyridine rings is 1. The van der Waals surface area contributed by atoms with Crippen LogP contribution in [0.25, 0.3) is 22.0 Å². The number of methoxy groups -OCH3 is 1. The van der Waals surface area contributed by atoms with Crippen LogP contribution in [0, 0.1) is 0 Å². The van der Waals surface area contributed by atoms with Crippen LogP contribution in [0.5, 0.6) is 0 Å². The van der Waals surface area contributed by atoms with E-state index in [0.29, 0.717) is 22.5 Å². The van der Waals surface area contributed by atoms with Crippen molar-refractivity contribution in [2.24, 2.45) is 0 Å². The predicted molar refractivity (Wildman–Crippen MR) is 152 cm³/mol. The minimum Gasteiger partial charge on any atom is -0.465 e. The smallest absolute Gasteiger partial charge is 0.418 e. The van der Waals surface area contributed by atoms with E-state index >= 15 is 0 Å². The number of ketones is 1. The normalized spacial score (nSPS) is 11.1. The monoisotopic (exact) mass is 569 g/mol. The SMILES string of the molecule is COC(=O)c1cccc(NC(=O)Nc2cccc(-c3c(C(=O)c4ccccc4)cnc4c(C(F)(F)F)cccc34)c2)c1. The highest BCUT2D eigenvalue weighted by molar-refractivity contribution is 6.17. The molecule has 0 aliphatic carbocycles. The standard InChI is InChI=1S/C32H22F3N3O4/c1-42-30(40)21-11-6-13-23(17-21)38-31(41)37-22-12-5-10-20(16-22)27-24-14-7-15-26(32(33,34)35)28(24)36-18-25(27)29(39)19-8-3-2-4-9-19/h2-18H,1H3,(H2,37,38,41). The van der Waals surface area contributed by atoms with Crippen LogP contribution in [0.4, 0.5) is 29.3 Å². The molecule has 2 amide bonds. The molecule has 42 heavy (non-hydrogen) atoms. The molecule has 1 heterocycles. The van der Waals surface area contributed by atoms with Crippen LogP contribution in [0.1, 0.15) is 31.8 Å². The van der Waals surface area contributed by atoms with Crippen molar-refractivity contribution in [1.82, 2.24) is 4.98 Å². The molecule has 5 rings (SSSR count). The van der Waals surface area contributed by atoms with E-state index in [1.807, 2.05) is 0 Å². The Morgan fingerprint density at radius 3 is 2.10 bits per heavy atom. The van der Waals surface area contributed by atoms with Crippen molar-refractivity contribution >= 4 is 40.1 Å². The molecule has 0 atom stereocenters. The molecule has 210 valence electrons. The molecule has 0 radical (unpaired) electrons. The zero-order valence-corrected chi connectivity index (χ0v) is 22.0. The number of fused-ring (bicyclic) bond motifs is 1. The summed E-state index contributed by atoms with van der Waals surface area (Å²) in [5.74, 6) is -0.982. The van der Waals surface area contributed by atoms with Crippen molar-refractivity contribution in [3.8, 4) is 11.1 Å². The number of benzene rings is 4. The molecule has 10 heteroatoms. The molecular weight excluding hydrogens is 547 g/mol. The van der Waals surface area contributed by atoms with E-state index in [1.165, 1.54) is 31.4 Å². The lowest BCUT2D eigenvalue weighted by Crippen LogP contribution is -2.19. The summed E-state index contributed by atoms with van der Waals surface area (Å²) in [6.07, 6.45) is -3.51. The zero-order valence-electron chi connectivity index (χ0n) is 22.0. The van der Waals surface area contributed by atoms with Gasteiger partial charge in [0.1, 0.15) is 0 Å². The van der Waals surface area contributed by atoms with Gasteiger partial charge in [-0.2, -0.15) is 13.2 Å². The van der Waals surface area contributed by atoms with Crippen LogP contribution in [-0.4, -0.2) is 29.9 Å². The number of alkyl halides is 3. The van der Waals surface area contributed by atoms with Gasteiger partial charge in [-0.3, -0.25) is 9.78 Å². The Morgan fingerprint density at radius 1 is 0.762 bits per heavy atom. The fraction of sp³-hybridized carbons (Fsp3) is 0.0625. The number of amides is 2. The lowest BCUT2D eigenvalue weighted by atomic mass is 9.91. The number of ether oxygens (including phenoxy) is 1. The third-order valence-electron chi connectivity index (χ3n) is 6.43. The van der Waals surface area contributed by atoms with Crippen molar-refractivity contribution in [1.29, 1.82) is 0 Å². The molecule has 1 aromatic heterocycles. The zero-order chi connectivity index (χ0) is 29.9. The highest BCUT2D eigenvalue weighted by Gasteiger charge is 2.34. The van der Waals surface area contributed by atoms with E-state index in [0.717, 1.165) is 12.3 Å². The molecule has 0 saturated heterocycles. The minimum atomic E-state index is -4.67. The van der Waals surface area contributed by atoms with E-state index < -0.39 is 29.5 Å². The van der Waals surface area contributed by atoms with Gasteiger partial charge in [0, 0.05) is 39.6 Å². The number of esters is 1. The minimum absolute atomic E-state index is 0.106. The lowest BCUT2D eigenvalue weighted by molar-refractivity contribution is -0.136. The molecule has 5 aromatic rings. The van der Waals surface area contributed by atoms with Crippen LogP contribution in [0.2, 0.25) is 0 Å². The molecule has 7 nitrogen and oxygen atoms in total. The number of halogens is 3. The molecule has 4 aromatic carbocycles. The molecule has 0 fully saturated rings. The summed E-state index contributed by atoms with van der Waals surface area (Å²) in [5, 5.41) is 5.44. The second-order valence-electron chi connectivity index (χ2n) is 9.17. The second kappa shape index (κ2) is 11.5. The Balaban J connectivity index is 1.55. The van der Waals surface area contributed by atoms with Gasteiger partial charge < -0.3 is 15.4 Å². The summed E-state index contributed by atoms with van der Waals surface area (Å²) >= 11 is 0. The number of carbonyl (C=O) groups excluding carboxylic acids is 3. The maximum atomic E-state index is 13.9. The topological polar surface area (TPSA) is 97.4 Å². The summed E-state index contributed by atoms with van der Waals surface area (Å²) in [4.78, 5) is 42.2. The van der Waals surface area contributed by atoms with Gasteiger partial charge in [-0.1, -0.05) is 60.7 Å². The van der Waals surface area contributed by atoms with E-state index in [9.17, 15) is 27.6 Å². The Kier molecular flexibility index (Phi) is 7.70. The molecule has 2 N–H and O–H groups in total. The number of para-hydroxylation sites is 1. The molecule has 0 spiro atoms. The second-order valence-corrected chi connectivity index (χ2v) is 9.17. The molecule has 0 aliphatic heterocycles. The lowest BCUT2D eigenvalue weighted by Gasteiger charge is -2.16. The van der Waals surface area contributed by atoms with Gasteiger partial charge in [-0.15, -0.1) is 0 Å². The molecule has 0 unspecified atom stereocenters. The van der Waals surface area contributed by atoms with E-state index in [1.54, 1.807) is 66.7 Å². The van der Waals surface area contributed by atoms with Gasteiger partial charge in [0.05, 0.1) is 23.8 Å². The van der Waals surface area contributed by atoms with E-state index in [2.05, 4.69) is 15.6 Å². The molecular formula is C32H22F3N3O4. The fourth-order valence-electron chi connectivity index (χ4n) is 4.57. The van der Waals surface area contributed by atoms with Crippen molar-refractivity contribution in [3.63, 3.8) is 0 Å². The Bertz CT molecular complexity index is 1820.